The molecule has 2 rings (SSSR count). The molecule has 0 aliphatic carbocycles. The smallest absolute Gasteiger partial charge is 0.354 e. The van der Waals surface area contributed by atoms with Crippen LogP contribution in [0.1, 0.15) is 43.1 Å². The van der Waals surface area contributed by atoms with E-state index in [1.807, 2.05) is 24.3 Å². The lowest BCUT2D eigenvalue weighted by molar-refractivity contribution is 0.0689. The Balaban J connectivity index is 2.19. The highest BCUT2D eigenvalue weighted by molar-refractivity contribution is 5.94. The van der Waals surface area contributed by atoms with Gasteiger partial charge >= 0.3 is 5.97 Å². The molecule has 0 radical (unpaired) electrons. The maximum atomic E-state index is 11.1. The number of fused-ring (bicyclic) bond motifs is 1. The Morgan fingerprint density at radius 2 is 2.05 bits per heavy atom. The third-order valence-electron chi connectivity index (χ3n) is 3.16. The van der Waals surface area contributed by atoms with Crippen LogP contribution in [-0.2, 0) is 0 Å². The van der Waals surface area contributed by atoms with E-state index in [1.54, 1.807) is 6.07 Å². The van der Waals surface area contributed by atoms with Gasteiger partial charge in [0.1, 0.15) is 0 Å². The SMILES string of the molecule is CCCCCCOc1nc(C(=O)O)cc2ccccc12. The maximum Gasteiger partial charge on any atom is 0.354 e. The number of unbranched alkanes of at least 4 members (excludes halogenated alkanes) is 3. The average molecular weight is 273 g/mol. The molecule has 1 heterocycles. The number of aromatic carboxylic acids is 1. The van der Waals surface area contributed by atoms with E-state index in [0.717, 1.165) is 23.6 Å². The van der Waals surface area contributed by atoms with Crippen LogP contribution in [-0.4, -0.2) is 22.7 Å². The number of benzene rings is 1. The van der Waals surface area contributed by atoms with Crippen molar-refractivity contribution in [1.82, 2.24) is 4.98 Å². The summed E-state index contributed by atoms with van der Waals surface area (Å²) in [6.07, 6.45) is 4.44. The Morgan fingerprint density at radius 1 is 1.25 bits per heavy atom. The Morgan fingerprint density at radius 3 is 2.80 bits per heavy atom. The van der Waals surface area contributed by atoms with E-state index in [-0.39, 0.29) is 5.69 Å². The molecule has 20 heavy (non-hydrogen) atoms. The van der Waals surface area contributed by atoms with Crippen LogP contribution in [0.25, 0.3) is 10.8 Å². The Bertz CT molecular complexity index is 595. The van der Waals surface area contributed by atoms with E-state index in [2.05, 4.69) is 11.9 Å². The van der Waals surface area contributed by atoms with E-state index >= 15 is 0 Å². The molecule has 0 atom stereocenters. The normalized spacial score (nSPS) is 10.7. The van der Waals surface area contributed by atoms with Crippen LogP contribution in [0.5, 0.6) is 5.88 Å². The van der Waals surface area contributed by atoms with Crippen molar-refractivity contribution in [1.29, 1.82) is 0 Å². The van der Waals surface area contributed by atoms with Crippen molar-refractivity contribution in [3.8, 4) is 5.88 Å². The highest BCUT2D eigenvalue weighted by Gasteiger charge is 2.11. The molecule has 0 amide bonds. The third kappa shape index (κ3) is 3.47. The van der Waals surface area contributed by atoms with Gasteiger partial charge in [0, 0.05) is 5.39 Å². The number of carboxylic acids is 1. The van der Waals surface area contributed by atoms with Crippen LogP contribution in [0.15, 0.2) is 30.3 Å². The van der Waals surface area contributed by atoms with Crippen LogP contribution in [0, 0.1) is 0 Å². The molecule has 0 unspecified atom stereocenters. The first-order chi connectivity index (χ1) is 9.72. The predicted octanol–water partition coefficient (Wildman–Crippen LogP) is 3.89. The predicted molar refractivity (Wildman–Crippen MR) is 78.3 cm³/mol. The summed E-state index contributed by atoms with van der Waals surface area (Å²) in [7, 11) is 0. The van der Waals surface area contributed by atoms with Gasteiger partial charge in [-0.1, -0.05) is 44.4 Å². The molecule has 1 N–H and O–H groups in total. The number of hydrogen-bond acceptors (Lipinski definition) is 3. The fourth-order valence-electron chi connectivity index (χ4n) is 2.08. The fraction of sp³-hybridized carbons (Fsp3) is 0.375. The first-order valence-corrected chi connectivity index (χ1v) is 6.98. The van der Waals surface area contributed by atoms with Gasteiger partial charge in [-0.25, -0.2) is 9.78 Å². The molecule has 0 fully saturated rings. The molecule has 1 aromatic carbocycles. The number of carboxylic acid groups (broad SMARTS) is 1. The van der Waals surface area contributed by atoms with Gasteiger partial charge in [0.25, 0.3) is 0 Å². The molecule has 0 bridgehead atoms. The molecule has 0 aliphatic heterocycles. The molecule has 0 spiro atoms. The van der Waals surface area contributed by atoms with Crippen molar-refractivity contribution < 1.29 is 14.6 Å². The van der Waals surface area contributed by atoms with Gasteiger partial charge in [0.2, 0.25) is 5.88 Å². The minimum atomic E-state index is -1.04. The van der Waals surface area contributed by atoms with Gasteiger partial charge in [-0.3, -0.25) is 0 Å². The van der Waals surface area contributed by atoms with Crippen LogP contribution >= 0.6 is 0 Å². The maximum absolute atomic E-state index is 11.1. The highest BCUT2D eigenvalue weighted by Crippen LogP contribution is 2.24. The number of hydrogen-bond donors (Lipinski definition) is 1. The lowest BCUT2D eigenvalue weighted by Crippen LogP contribution is -2.05. The number of pyridine rings is 1. The minimum Gasteiger partial charge on any atom is -0.477 e. The molecule has 4 nitrogen and oxygen atoms in total. The number of nitrogens with zero attached hydrogens (tertiary/aromatic N) is 1. The van der Waals surface area contributed by atoms with Crippen LogP contribution in [0.2, 0.25) is 0 Å². The Kier molecular flexibility index (Phi) is 4.93. The standard InChI is InChI=1S/C16H19NO3/c1-2-3-4-7-10-20-15-13-9-6-5-8-12(13)11-14(17-15)16(18)19/h5-6,8-9,11H,2-4,7,10H2,1H3,(H,18,19). The third-order valence-corrected chi connectivity index (χ3v) is 3.16. The second kappa shape index (κ2) is 6.89. The van der Waals surface area contributed by atoms with Gasteiger partial charge < -0.3 is 9.84 Å². The molecule has 106 valence electrons. The first-order valence-electron chi connectivity index (χ1n) is 6.98. The quantitative estimate of drug-likeness (QED) is 0.777. The second-order valence-electron chi connectivity index (χ2n) is 4.75. The van der Waals surface area contributed by atoms with E-state index in [0.29, 0.717) is 12.5 Å². The number of aromatic nitrogens is 1. The molecule has 0 aliphatic rings. The average Bonchev–Trinajstić information content (AvgIpc) is 2.46. The lowest BCUT2D eigenvalue weighted by atomic mass is 10.1. The van der Waals surface area contributed by atoms with Crippen molar-refractivity contribution in [2.45, 2.75) is 32.6 Å². The summed E-state index contributed by atoms with van der Waals surface area (Å²) in [5, 5.41) is 10.8. The van der Waals surface area contributed by atoms with Gasteiger partial charge in [0.05, 0.1) is 6.61 Å². The first kappa shape index (κ1) is 14.3. The van der Waals surface area contributed by atoms with E-state index < -0.39 is 5.97 Å². The van der Waals surface area contributed by atoms with Crippen molar-refractivity contribution in [2.24, 2.45) is 0 Å². The lowest BCUT2D eigenvalue weighted by Gasteiger charge is -2.09. The van der Waals surface area contributed by atoms with Gasteiger partial charge in [-0.2, -0.15) is 0 Å². The van der Waals surface area contributed by atoms with E-state index in [1.165, 1.54) is 12.8 Å². The monoisotopic (exact) mass is 273 g/mol. The summed E-state index contributed by atoms with van der Waals surface area (Å²) in [5.74, 6) is -0.622. The highest BCUT2D eigenvalue weighted by atomic mass is 16.5. The minimum absolute atomic E-state index is 0.0206. The van der Waals surface area contributed by atoms with Crippen molar-refractivity contribution in [3.05, 3.63) is 36.0 Å². The summed E-state index contributed by atoms with van der Waals surface area (Å²) < 4.78 is 5.68. The van der Waals surface area contributed by atoms with Gasteiger partial charge in [-0.15, -0.1) is 0 Å². The zero-order chi connectivity index (χ0) is 14.4. The Hall–Kier alpha value is -2.10. The molecule has 1 aromatic heterocycles. The zero-order valence-corrected chi connectivity index (χ0v) is 11.6. The number of carbonyl (C=O) groups is 1. The summed E-state index contributed by atoms with van der Waals surface area (Å²) in [6, 6.07) is 9.11. The topological polar surface area (TPSA) is 59.4 Å². The van der Waals surface area contributed by atoms with Crippen LogP contribution < -0.4 is 4.74 Å². The zero-order valence-electron chi connectivity index (χ0n) is 11.6. The molecule has 0 saturated carbocycles. The summed E-state index contributed by atoms with van der Waals surface area (Å²) in [6.45, 7) is 2.73. The molecule has 0 saturated heterocycles. The van der Waals surface area contributed by atoms with Crippen molar-refractivity contribution >= 4 is 16.7 Å². The van der Waals surface area contributed by atoms with Crippen LogP contribution in [0.3, 0.4) is 0 Å². The largest absolute Gasteiger partial charge is 0.477 e. The molecule has 2 aromatic rings. The van der Waals surface area contributed by atoms with Gasteiger partial charge in [-0.05, 0) is 23.9 Å². The van der Waals surface area contributed by atoms with Crippen molar-refractivity contribution in [3.63, 3.8) is 0 Å². The number of rotatable bonds is 7. The molecule has 4 heteroatoms. The second-order valence-corrected chi connectivity index (χ2v) is 4.75. The van der Waals surface area contributed by atoms with Gasteiger partial charge in [0.15, 0.2) is 5.69 Å². The van der Waals surface area contributed by atoms with E-state index in [9.17, 15) is 4.79 Å². The van der Waals surface area contributed by atoms with Crippen LogP contribution in [0.4, 0.5) is 0 Å². The molecular weight excluding hydrogens is 254 g/mol. The molecular formula is C16H19NO3. The Labute approximate surface area is 118 Å². The summed E-state index contributed by atoms with van der Waals surface area (Å²) >= 11 is 0. The number of ether oxygens (including phenoxy) is 1. The fourth-order valence-corrected chi connectivity index (χ4v) is 2.08. The summed E-state index contributed by atoms with van der Waals surface area (Å²) in [5.41, 5.74) is 0.0206. The van der Waals surface area contributed by atoms with Crippen molar-refractivity contribution in [2.75, 3.05) is 6.61 Å². The van der Waals surface area contributed by atoms with E-state index in [4.69, 9.17) is 9.84 Å². The summed E-state index contributed by atoms with van der Waals surface area (Å²) in [4.78, 5) is 15.2.